The fraction of sp³-hybridized carbons (Fsp3) is 0.759. The Morgan fingerprint density at radius 3 is 2.62 bits per heavy atom. The topological polar surface area (TPSA) is 169 Å². The third-order valence-electron chi connectivity index (χ3n) is 11.3. The first-order valence-corrected chi connectivity index (χ1v) is 14.2. The summed E-state index contributed by atoms with van der Waals surface area (Å²) in [5.74, 6) is -2.51. The molecule has 0 radical (unpaired) electrons. The molecular weight excluding hydrogens is 524 g/mol. The number of fused-ring (bicyclic) bond motifs is 2. The molecule has 0 aromatic heterocycles. The Morgan fingerprint density at radius 1 is 1.10 bits per heavy atom. The van der Waals surface area contributed by atoms with Crippen molar-refractivity contribution in [1.82, 2.24) is 0 Å². The predicted octanol–water partition coefficient (Wildman–Crippen LogP) is 0.259. The van der Waals surface area contributed by atoms with Gasteiger partial charge in [0, 0.05) is 35.3 Å². The number of allylic oxidation sites excluding steroid dienone is 1. The van der Waals surface area contributed by atoms with Crippen molar-refractivity contribution in [2.75, 3.05) is 19.8 Å². The van der Waals surface area contributed by atoms with Crippen LogP contribution in [0.2, 0.25) is 0 Å². The number of aliphatic hydroxyl groups is 4. The van der Waals surface area contributed by atoms with Crippen LogP contribution in [0.15, 0.2) is 23.8 Å². The summed E-state index contributed by atoms with van der Waals surface area (Å²) in [6, 6.07) is 0. The minimum Gasteiger partial charge on any atom is -0.462 e. The molecular formula is C29H38O11. The van der Waals surface area contributed by atoms with Gasteiger partial charge in [0.05, 0.1) is 24.4 Å². The molecule has 10 atom stereocenters. The Balaban J connectivity index is 1.42. The highest BCUT2D eigenvalue weighted by Gasteiger charge is 2.83. The van der Waals surface area contributed by atoms with E-state index in [1.807, 2.05) is 6.92 Å². The van der Waals surface area contributed by atoms with Crippen molar-refractivity contribution in [2.24, 2.45) is 16.7 Å². The van der Waals surface area contributed by atoms with Gasteiger partial charge >= 0.3 is 11.9 Å². The minimum atomic E-state index is -1.77. The number of aliphatic hydroxyl groups excluding tert-OH is 2. The molecule has 4 heterocycles. The lowest BCUT2D eigenvalue weighted by Gasteiger charge is -2.71. The molecule has 10 unspecified atom stereocenters. The Bertz CT molecular complexity index is 1180. The van der Waals surface area contributed by atoms with Crippen LogP contribution in [-0.4, -0.2) is 99.2 Å². The quantitative estimate of drug-likeness (QED) is 0.341. The maximum Gasteiger partial charge on any atom is 0.330 e. The summed E-state index contributed by atoms with van der Waals surface area (Å²) < 4.78 is 24.0. The monoisotopic (exact) mass is 562 g/mol. The SMILES string of the molecule is CC1(O)CCC23COC(=O)C=C4CCOC(C(=O)CO)(CCC=CC(=O)OC5CC6OC2C1CC6(O)C53C)C4O. The fourth-order valence-corrected chi connectivity index (χ4v) is 8.89. The van der Waals surface area contributed by atoms with E-state index in [0.717, 1.165) is 0 Å². The summed E-state index contributed by atoms with van der Waals surface area (Å²) in [7, 11) is 0. The van der Waals surface area contributed by atoms with Crippen molar-refractivity contribution < 1.29 is 53.8 Å². The molecule has 3 aliphatic carbocycles. The van der Waals surface area contributed by atoms with E-state index in [2.05, 4.69) is 0 Å². The largest absolute Gasteiger partial charge is 0.462 e. The van der Waals surface area contributed by atoms with Gasteiger partial charge in [0.1, 0.15) is 31.0 Å². The number of ketones is 1. The number of carbonyl (C=O) groups is 3. The summed E-state index contributed by atoms with van der Waals surface area (Å²) in [6.07, 6.45) is 2.18. The summed E-state index contributed by atoms with van der Waals surface area (Å²) in [6.45, 7) is 2.64. The molecule has 1 spiro atoms. The number of cyclic esters (lactones) is 1. The third kappa shape index (κ3) is 3.54. The number of ether oxygens (including phenoxy) is 4. The number of esters is 2. The Hall–Kier alpha value is -2.15. The molecule has 7 rings (SSSR count). The van der Waals surface area contributed by atoms with Gasteiger partial charge < -0.3 is 39.4 Å². The standard InChI is InChI=1S/C29H38O11/c1-25(35)8-9-27-15-37-22(33)11-16-6-10-38-28(23(16)34,18(31)14-30)7-4-3-5-21(32)39-19-12-20-29(36,26(19,27)2)13-17(25)24(27)40-20/h3,5,11,17,19-20,23-24,30,34-36H,4,6-10,12-15H2,1-2H3. The zero-order valence-corrected chi connectivity index (χ0v) is 22.8. The average molecular weight is 563 g/mol. The predicted molar refractivity (Wildman–Crippen MR) is 135 cm³/mol. The molecule has 7 aliphatic rings. The zero-order chi connectivity index (χ0) is 28.7. The van der Waals surface area contributed by atoms with Gasteiger partial charge in [-0.2, -0.15) is 0 Å². The molecule has 220 valence electrons. The van der Waals surface area contributed by atoms with Gasteiger partial charge in [0.2, 0.25) is 0 Å². The lowest BCUT2D eigenvalue weighted by atomic mass is 9.40. The van der Waals surface area contributed by atoms with Crippen LogP contribution < -0.4 is 0 Å². The molecule has 11 nitrogen and oxygen atoms in total. The summed E-state index contributed by atoms with van der Waals surface area (Å²) in [4.78, 5) is 39.0. The Labute approximate surface area is 232 Å². The van der Waals surface area contributed by atoms with Crippen LogP contribution in [0.25, 0.3) is 0 Å². The first-order chi connectivity index (χ1) is 18.8. The lowest BCUT2D eigenvalue weighted by Crippen LogP contribution is -2.80. The second-order valence-corrected chi connectivity index (χ2v) is 12.9. The number of rotatable bonds is 2. The van der Waals surface area contributed by atoms with Crippen LogP contribution in [0.4, 0.5) is 0 Å². The highest BCUT2D eigenvalue weighted by molar-refractivity contribution is 5.90. The van der Waals surface area contributed by atoms with Crippen molar-refractivity contribution in [1.29, 1.82) is 0 Å². The van der Waals surface area contributed by atoms with Gasteiger partial charge in [-0.15, -0.1) is 0 Å². The van der Waals surface area contributed by atoms with E-state index >= 15 is 0 Å². The smallest absolute Gasteiger partial charge is 0.330 e. The van der Waals surface area contributed by atoms with Gasteiger partial charge in [-0.1, -0.05) is 13.0 Å². The first-order valence-electron chi connectivity index (χ1n) is 14.2. The van der Waals surface area contributed by atoms with Crippen molar-refractivity contribution in [2.45, 2.75) is 100 Å². The van der Waals surface area contributed by atoms with E-state index in [1.165, 1.54) is 18.2 Å². The van der Waals surface area contributed by atoms with Crippen LogP contribution in [-0.2, 0) is 33.3 Å². The number of hydrogen-bond acceptors (Lipinski definition) is 11. The van der Waals surface area contributed by atoms with Crippen LogP contribution in [0.3, 0.4) is 0 Å². The van der Waals surface area contributed by atoms with Crippen LogP contribution >= 0.6 is 0 Å². The van der Waals surface area contributed by atoms with E-state index in [-0.39, 0.29) is 50.9 Å². The highest BCUT2D eigenvalue weighted by atomic mass is 16.6. The van der Waals surface area contributed by atoms with Crippen molar-refractivity contribution in [3.63, 3.8) is 0 Å². The van der Waals surface area contributed by atoms with Gasteiger partial charge in [0.25, 0.3) is 0 Å². The highest BCUT2D eigenvalue weighted by Crippen LogP contribution is 2.74. The second kappa shape index (κ2) is 9.17. The van der Waals surface area contributed by atoms with Crippen molar-refractivity contribution in [3.8, 4) is 0 Å². The second-order valence-electron chi connectivity index (χ2n) is 12.9. The maximum absolute atomic E-state index is 13.2. The molecule has 11 heteroatoms. The van der Waals surface area contributed by atoms with Crippen LogP contribution in [0.1, 0.15) is 58.8 Å². The average Bonchev–Trinajstić information content (AvgIpc) is 3.06. The number of hydrogen-bond donors (Lipinski definition) is 4. The molecule has 0 aromatic rings. The normalized spacial score (nSPS) is 50.1. The summed E-state index contributed by atoms with van der Waals surface area (Å²) in [5, 5.41) is 44.3. The molecule has 3 saturated heterocycles. The van der Waals surface area contributed by atoms with Crippen LogP contribution in [0, 0.1) is 16.7 Å². The van der Waals surface area contributed by atoms with E-state index in [4.69, 9.17) is 18.9 Å². The zero-order valence-electron chi connectivity index (χ0n) is 22.8. The molecule has 6 fully saturated rings. The Kier molecular flexibility index (Phi) is 6.42. The molecule has 3 saturated carbocycles. The molecule has 4 N–H and O–H groups in total. The minimum absolute atomic E-state index is 0.0351. The van der Waals surface area contributed by atoms with Gasteiger partial charge in [-0.25, -0.2) is 9.59 Å². The molecule has 0 aromatic carbocycles. The molecule has 4 aliphatic heterocycles. The van der Waals surface area contributed by atoms with E-state index in [9.17, 15) is 34.8 Å². The summed E-state index contributed by atoms with van der Waals surface area (Å²) >= 11 is 0. The molecule has 0 amide bonds. The molecule has 40 heavy (non-hydrogen) atoms. The lowest BCUT2D eigenvalue weighted by molar-refractivity contribution is -0.377. The van der Waals surface area contributed by atoms with Gasteiger partial charge in [0.15, 0.2) is 11.4 Å². The first kappa shape index (κ1) is 28.0. The fourth-order valence-electron chi connectivity index (χ4n) is 8.89. The van der Waals surface area contributed by atoms with Crippen LogP contribution in [0.5, 0.6) is 0 Å². The van der Waals surface area contributed by atoms with E-state index in [0.29, 0.717) is 12.8 Å². The van der Waals surface area contributed by atoms with Crippen molar-refractivity contribution >= 4 is 17.7 Å². The van der Waals surface area contributed by atoms with E-state index in [1.54, 1.807) is 6.92 Å². The maximum atomic E-state index is 13.2. The third-order valence-corrected chi connectivity index (χ3v) is 11.3. The van der Waals surface area contributed by atoms with Crippen molar-refractivity contribution in [3.05, 3.63) is 23.8 Å². The summed E-state index contributed by atoms with van der Waals surface area (Å²) in [5.41, 5.74) is -6.00. The number of carbonyl (C=O) groups excluding carboxylic acids is 3. The number of Topliss-reactive ketones (excluding diaryl/α,β-unsaturated/α-hetero) is 1. The van der Waals surface area contributed by atoms with Gasteiger partial charge in [-0.3, -0.25) is 4.79 Å². The molecule has 8 bridgehead atoms. The van der Waals surface area contributed by atoms with Gasteiger partial charge in [-0.05, 0) is 51.0 Å². The Morgan fingerprint density at radius 2 is 1.88 bits per heavy atom. The van der Waals surface area contributed by atoms with E-state index < -0.39 is 82.3 Å².